The van der Waals surface area contributed by atoms with Gasteiger partial charge in [0.25, 0.3) is 11.8 Å². The van der Waals surface area contributed by atoms with E-state index in [2.05, 4.69) is 10.6 Å². The lowest BCUT2D eigenvalue weighted by atomic mass is 9.96. The van der Waals surface area contributed by atoms with Gasteiger partial charge in [-0.25, -0.2) is 0 Å². The van der Waals surface area contributed by atoms with Gasteiger partial charge in [0.15, 0.2) is 11.6 Å². The molecule has 0 spiro atoms. The van der Waals surface area contributed by atoms with Crippen LogP contribution in [-0.2, 0) is 9.59 Å². The van der Waals surface area contributed by atoms with Crippen LogP contribution in [0.1, 0.15) is 20.7 Å². The topological polar surface area (TPSA) is 100 Å². The van der Waals surface area contributed by atoms with E-state index < -0.39 is 23.4 Å². The summed E-state index contributed by atoms with van der Waals surface area (Å²) in [6, 6.07) is 33.6. The first-order chi connectivity index (χ1) is 20.5. The summed E-state index contributed by atoms with van der Waals surface area (Å²) >= 11 is 0. The molecule has 0 atom stereocenters. The number of anilines is 2. The predicted octanol–water partition coefficient (Wildman–Crippen LogP) is 4.06. The fourth-order valence-corrected chi connectivity index (χ4v) is 4.27. The fraction of sp³-hybridized carbons (Fsp3) is 0. The van der Waals surface area contributed by atoms with Crippen LogP contribution < -0.4 is 19.8 Å². The highest BCUT2D eigenvalue weighted by atomic mass is 16.2. The first kappa shape index (κ1) is 27.5. The zero-order valence-electron chi connectivity index (χ0n) is 22.4. The fourth-order valence-electron chi connectivity index (χ4n) is 4.27. The van der Waals surface area contributed by atoms with Crippen molar-refractivity contribution in [3.8, 4) is 0 Å². The number of amides is 2. The molecule has 2 N–H and O–H groups in total. The average Bonchev–Trinajstić information content (AvgIpc) is 3.03. The summed E-state index contributed by atoms with van der Waals surface area (Å²) < 4.78 is 2.86. The van der Waals surface area contributed by atoms with Gasteiger partial charge >= 0.3 is 0 Å². The van der Waals surface area contributed by atoms with E-state index >= 15 is 0 Å². The van der Waals surface area contributed by atoms with E-state index in [1.54, 1.807) is 116 Å². The molecule has 0 aliphatic heterocycles. The molecule has 0 unspecified atom stereocenters. The second kappa shape index (κ2) is 12.9. The summed E-state index contributed by atoms with van der Waals surface area (Å²) in [6.45, 7) is 0. The van der Waals surface area contributed by atoms with Crippen molar-refractivity contribution >= 4 is 34.8 Å². The largest absolute Gasteiger partial charge is 0.325 e. The molecular weight excluding hydrogens is 528 g/mol. The van der Waals surface area contributed by atoms with Crippen LogP contribution in [0.3, 0.4) is 0 Å². The maximum absolute atomic E-state index is 13.8. The Morgan fingerprint density at radius 3 is 1.19 bits per heavy atom. The van der Waals surface area contributed by atoms with Crippen LogP contribution in [0.4, 0.5) is 11.4 Å². The van der Waals surface area contributed by atoms with Crippen molar-refractivity contribution in [2.45, 2.75) is 0 Å². The van der Waals surface area contributed by atoms with Crippen molar-refractivity contribution in [3.05, 3.63) is 169 Å². The number of ketones is 2. The molecule has 2 amide bonds. The van der Waals surface area contributed by atoms with Gasteiger partial charge in [0.1, 0.15) is 0 Å². The molecule has 0 saturated carbocycles. The third-order valence-electron chi connectivity index (χ3n) is 6.26. The number of nitrogens with zero attached hydrogens (tertiary/aromatic N) is 2. The number of hydrogen-bond donors (Lipinski definition) is 2. The Morgan fingerprint density at radius 1 is 0.452 bits per heavy atom. The molecule has 5 aromatic rings. The average molecular weight is 555 g/mol. The van der Waals surface area contributed by atoms with E-state index in [1.165, 1.54) is 27.3 Å². The lowest BCUT2D eigenvalue weighted by molar-refractivity contribution is -0.639. The Balaban J connectivity index is 1.47. The van der Waals surface area contributed by atoms with E-state index in [0.717, 1.165) is 0 Å². The summed E-state index contributed by atoms with van der Waals surface area (Å²) in [5, 5.41) is 5.52. The van der Waals surface area contributed by atoms with Crippen LogP contribution in [-0.4, -0.2) is 23.4 Å². The number of aromatic nitrogens is 2. The SMILES string of the molecule is O=C(Nc1ccccc1)[C-](C(=O)c1cccc(C(=O)[C-](C(=O)Nc2ccccc2)[n+]2ccccc2)c1)[n+]1ccccc1. The normalized spacial score (nSPS) is 10.3. The number of carbonyl (C=O) groups excluding carboxylic acids is 4. The van der Waals surface area contributed by atoms with E-state index in [1.807, 2.05) is 12.1 Å². The molecule has 5 rings (SSSR count). The van der Waals surface area contributed by atoms with E-state index in [0.29, 0.717) is 11.4 Å². The summed E-state index contributed by atoms with van der Waals surface area (Å²) in [6.07, 6.45) is 6.38. The van der Waals surface area contributed by atoms with Gasteiger partial charge in [-0.05, 0) is 48.5 Å². The highest BCUT2D eigenvalue weighted by Gasteiger charge is 2.33. The van der Waals surface area contributed by atoms with Crippen LogP contribution in [0.5, 0.6) is 0 Å². The molecule has 206 valence electrons. The Kier molecular flexibility index (Phi) is 8.45. The lowest BCUT2D eigenvalue weighted by Crippen LogP contribution is -2.51. The molecule has 42 heavy (non-hydrogen) atoms. The summed E-state index contributed by atoms with van der Waals surface area (Å²) in [7, 11) is 0. The van der Waals surface area contributed by atoms with Gasteiger partial charge in [0.05, 0.1) is 24.8 Å². The number of hydrogen-bond acceptors (Lipinski definition) is 4. The zero-order chi connectivity index (χ0) is 29.3. The Labute approximate surface area is 242 Å². The smallest absolute Gasteiger partial charge is 0.281 e. The molecule has 0 fully saturated rings. The third kappa shape index (κ3) is 6.40. The highest BCUT2D eigenvalue weighted by molar-refractivity contribution is 6.25. The minimum absolute atomic E-state index is 0.108. The number of pyridine rings is 2. The molecule has 0 aliphatic rings. The molecule has 2 aromatic heterocycles. The van der Waals surface area contributed by atoms with Crippen molar-refractivity contribution < 1.29 is 28.3 Å². The van der Waals surface area contributed by atoms with Gasteiger partial charge in [-0.3, -0.25) is 18.7 Å². The van der Waals surface area contributed by atoms with Gasteiger partial charge in [-0.1, -0.05) is 77.9 Å². The van der Waals surface area contributed by atoms with Crippen molar-refractivity contribution in [2.24, 2.45) is 0 Å². The van der Waals surface area contributed by atoms with Crippen LogP contribution in [0.25, 0.3) is 0 Å². The minimum Gasteiger partial charge on any atom is -0.325 e. The molecule has 8 heteroatoms. The molecular formula is C34H26N4O4. The Bertz CT molecular complexity index is 1570. The molecule has 8 nitrogen and oxygen atoms in total. The molecule has 2 heterocycles. The Hall–Kier alpha value is -6.02. The quantitative estimate of drug-likeness (QED) is 0.118. The van der Waals surface area contributed by atoms with Gasteiger partial charge in [-0.15, -0.1) is 6.07 Å². The molecule has 3 aromatic carbocycles. The van der Waals surface area contributed by atoms with Crippen LogP contribution in [0.15, 0.2) is 146 Å². The predicted molar refractivity (Wildman–Crippen MR) is 156 cm³/mol. The van der Waals surface area contributed by atoms with E-state index in [4.69, 9.17) is 0 Å². The molecule has 0 aliphatic carbocycles. The minimum atomic E-state index is -0.617. The zero-order valence-corrected chi connectivity index (χ0v) is 22.4. The van der Waals surface area contributed by atoms with Crippen molar-refractivity contribution in [1.29, 1.82) is 0 Å². The van der Waals surface area contributed by atoms with Gasteiger partial charge in [0.2, 0.25) is 12.1 Å². The summed E-state index contributed by atoms with van der Waals surface area (Å²) in [4.78, 5) is 54.5. The number of Topliss-reactive ketones (excluding diaryl/α,β-unsaturated/α-hetero) is 2. The number of nitrogens with one attached hydrogen (secondary N) is 2. The van der Waals surface area contributed by atoms with E-state index in [9.17, 15) is 19.2 Å². The van der Waals surface area contributed by atoms with Crippen LogP contribution in [0.2, 0.25) is 0 Å². The lowest BCUT2D eigenvalue weighted by Gasteiger charge is -2.19. The molecule has 0 radical (unpaired) electrons. The van der Waals surface area contributed by atoms with Gasteiger partial charge < -0.3 is 20.2 Å². The second-order valence-electron chi connectivity index (χ2n) is 9.14. The van der Waals surface area contributed by atoms with Gasteiger partial charge in [-0.2, -0.15) is 0 Å². The van der Waals surface area contributed by atoms with Crippen molar-refractivity contribution in [1.82, 2.24) is 0 Å². The maximum atomic E-state index is 13.8. The number of carbonyl (C=O) groups is 4. The standard InChI is InChI=1S/C34H26N4O4/c39-31(29(37-20-9-3-10-21-37)33(41)35-27-16-5-1-6-17-27)25-14-13-15-26(24-25)32(40)30(38-22-11-4-12-23-38)34(42)36-28-18-7-2-8-19-28/h1-24H,(H,35,41)(H,36,42). The van der Waals surface area contributed by atoms with E-state index in [-0.39, 0.29) is 23.2 Å². The first-order valence-electron chi connectivity index (χ1n) is 13.1. The highest BCUT2D eigenvalue weighted by Crippen LogP contribution is 2.18. The third-order valence-corrected chi connectivity index (χ3v) is 6.26. The van der Waals surface area contributed by atoms with Gasteiger partial charge in [0, 0.05) is 11.4 Å². The summed E-state index contributed by atoms with van der Waals surface area (Å²) in [5.74, 6) is -2.43. The van der Waals surface area contributed by atoms with Crippen LogP contribution in [0, 0.1) is 12.1 Å². The van der Waals surface area contributed by atoms with Crippen molar-refractivity contribution in [3.63, 3.8) is 0 Å². The molecule has 0 saturated heterocycles. The first-order valence-corrected chi connectivity index (χ1v) is 13.1. The number of benzene rings is 3. The summed E-state index contributed by atoms with van der Waals surface area (Å²) in [5.41, 5.74) is 1.27. The van der Waals surface area contributed by atoms with Crippen molar-refractivity contribution in [2.75, 3.05) is 10.6 Å². The maximum Gasteiger partial charge on any atom is 0.281 e. The monoisotopic (exact) mass is 554 g/mol. The van der Waals surface area contributed by atoms with Crippen LogP contribution >= 0.6 is 0 Å². The Morgan fingerprint density at radius 2 is 0.810 bits per heavy atom. The second-order valence-corrected chi connectivity index (χ2v) is 9.14. The number of rotatable bonds is 10. The number of para-hydroxylation sites is 2. The molecule has 0 bridgehead atoms.